The highest BCUT2D eigenvalue weighted by Gasteiger charge is 2.34. The summed E-state index contributed by atoms with van der Waals surface area (Å²) in [4.78, 5) is 25.1. The quantitative estimate of drug-likeness (QED) is 0.549. The number of Topliss-reactive ketones (excluding diaryl/α,β-unsaturated/α-hetero) is 1. The largest absolute Gasteiger partial charge is 0.382 e. The van der Waals surface area contributed by atoms with Crippen molar-refractivity contribution in [3.05, 3.63) is 29.8 Å². The van der Waals surface area contributed by atoms with E-state index in [0.717, 1.165) is 0 Å². The summed E-state index contributed by atoms with van der Waals surface area (Å²) in [6.07, 6.45) is 0.692. The number of ketones is 1. The van der Waals surface area contributed by atoms with Crippen molar-refractivity contribution in [3.8, 4) is 0 Å². The Bertz CT molecular complexity index is 472. The molecule has 2 rings (SSSR count). The normalized spacial score (nSPS) is 14.1. The molecule has 5 nitrogen and oxygen atoms in total. The SMILES string of the molecule is COCCOCCCN1C(=O)C(=O)c2ccccc21. The van der Waals surface area contributed by atoms with E-state index < -0.39 is 11.7 Å². The molecule has 102 valence electrons. The molecular formula is C14H17NO4. The lowest BCUT2D eigenvalue weighted by Crippen LogP contribution is -2.31. The molecule has 0 atom stereocenters. The summed E-state index contributed by atoms with van der Waals surface area (Å²) < 4.78 is 10.2. The number of carbonyl (C=O) groups excluding carboxylic acids is 2. The van der Waals surface area contributed by atoms with E-state index in [1.807, 2.05) is 6.07 Å². The average Bonchev–Trinajstić information content (AvgIpc) is 2.68. The van der Waals surface area contributed by atoms with Gasteiger partial charge in [0.25, 0.3) is 11.7 Å². The molecule has 5 heteroatoms. The zero-order valence-corrected chi connectivity index (χ0v) is 10.9. The van der Waals surface area contributed by atoms with E-state index in [9.17, 15) is 9.59 Å². The standard InChI is InChI=1S/C14H17NO4/c1-18-9-10-19-8-4-7-15-12-6-3-2-5-11(12)13(16)14(15)17/h2-3,5-6H,4,7-10H2,1H3. The van der Waals surface area contributed by atoms with Crippen LogP contribution in [0.3, 0.4) is 0 Å². The number of benzene rings is 1. The van der Waals surface area contributed by atoms with Crippen LogP contribution < -0.4 is 4.90 Å². The summed E-state index contributed by atoms with van der Waals surface area (Å²) >= 11 is 0. The van der Waals surface area contributed by atoms with Crippen molar-refractivity contribution in [1.82, 2.24) is 0 Å². The van der Waals surface area contributed by atoms with Gasteiger partial charge >= 0.3 is 0 Å². The second-order valence-electron chi connectivity index (χ2n) is 4.26. The summed E-state index contributed by atoms with van der Waals surface area (Å²) in [5.74, 6) is -0.867. The summed E-state index contributed by atoms with van der Waals surface area (Å²) in [5, 5.41) is 0. The maximum absolute atomic E-state index is 11.8. The molecule has 0 aromatic heterocycles. The van der Waals surface area contributed by atoms with Gasteiger partial charge in [-0.1, -0.05) is 12.1 Å². The van der Waals surface area contributed by atoms with Gasteiger partial charge in [0.15, 0.2) is 0 Å². The topological polar surface area (TPSA) is 55.8 Å². The van der Waals surface area contributed by atoms with Crippen molar-refractivity contribution < 1.29 is 19.1 Å². The van der Waals surface area contributed by atoms with Gasteiger partial charge in [-0.25, -0.2) is 0 Å². The van der Waals surface area contributed by atoms with E-state index in [1.165, 1.54) is 4.90 Å². The Morgan fingerprint density at radius 3 is 2.68 bits per heavy atom. The number of carbonyl (C=O) groups is 2. The van der Waals surface area contributed by atoms with E-state index in [0.29, 0.717) is 44.0 Å². The molecule has 0 spiro atoms. The highest BCUT2D eigenvalue weighted by molar-refractivity contribution is 6.52. The van der Waals surface area contributed by atoms with Crippen molar-refractivity contribution in [3.63, 3.8) is 0 Å². The first kappa shape index (κ1) is 13.7. The van der Waals surface area contributed by atoms with Gasteiger partial charge in [-0.15, -0.1) is 0 Å². The predicted octanol–water partition coefficient (Wildman–Crippen LogP) is 1.27. The van der Waals surface area contributed by atoms with E-state index in [2.05, 4.69) is 0 Å². The molecule has 0 saturated carbocycles. The first-order chi connectivity index (χ1) is 9.25. The van der Waals surface area contributed by atoms with Crippen molar-refractivity contribution in [2.24, 2.45) is 0 Å². The fourth-order valence-electron chi connectivity index (χ4n) is 2.04. The number of fused-ring (bicyclic) bond motifs is 1. The van der Waals surface area contributed by atoms with Crippen LogP contribution in [0.4, 0.5) is 5.69 Å². The van der Waals surface area contributed by atoms with Crippen molar-refractivity contribution in [2.75, 3.05) is 38.4 Å². The number of amides is 1. The van der Waals surface area contributed by atoms with Crippen LogP contribution in [0.2, 0.25) is 0 Å². The van der Waals surface area contributed by atoms with Gasteiger partial charge in [-0.3, -0.25) is 9.59 Å². The Morgan fingerprint density at radius 1 is 1.11 bits per heavy atom. The average molecular weight is 263 g/mol. The Labute approximate surface area is 112 Å². The monoisotopic (exact) mass is 263 g/mol. The molecule has 0 saturated heterocycles. The third-order valence-corrected chi connectivity index (χ3v) is 2.98. The zero-order valence-electron chi connectivity index (χ0n) is 10.9. The minimum atomic E-state index is -0.446. The van der Waals surface area contributed by atoms with Crippen LogP contribution in [0.1, 0.15) is 16.8 Å². The molecule has 0 N–H and O–H groups in total. The predicted molar refractivity (Wildman–Crippen MR) is 70.4 cm³/mol. The number of hydrogen-bond acceptors (Lipinski definition) is 4. The molecule has 1 amide bonds. The van der Waals surface area contributed by atoms with E-state index in [-0.39, 0.29) is 0 Å². The number of nitrogens with zero attached hydrogens (tertiary/aromatic N) is 1. The zero-order chi connectivity index (χ0) is 13.7. The van der Waals surface area contributed by atoms with E-state index in [4.69, 9.17) is 9.47 Å². The van der Waals surface area contributed by atoms with Gasteiger partial charge in [0.05, 0.1) is 24.5 Å². The highest BCUT2D eigenvalue weighted by Crippen LogP contribution is 2.28. The van der Waals surface area contributed by atoms with Crippen molar-refractivity contribution in [2.45, 2.75) is 6.42 Å². The van der Waals surface area contributed by atoms with Crippen LogP contribution in [0.25, 0.3) is 0 Å². The molecule has 0 radical (unpaired) electrons. The van der Waals surface area contributed by atoms with Gasteiger partial charge in [0.2, 0.25) is 0 Å². The lowest BCUT2D eigenvalue weighted by molar-refractivity contribution is -0.114. The van der Waals surface area contributed by atoms with E-state index in [1.54, 1.807) is 25.3 Å². The third-order valence-electron chi connectivity index (χ3n) is 2.98. The van der Waals surface area contributed by atoms with Crippen LogP contribution in [-0.2, 0) is 14.3 Å². The number of hydrogen-bond donors (Lipinski definition) is 0. The number of ether oxygens (including phenoxy) is 2. The molecule has 0 aliphatic carbocycles. The molecule has 0 fully saturated rings. The first-order valence-electron chi connectivity index (χ1n) is 6.27. The summed E-state index contributed by atoms with van der Waals surface area (Å²) in [7, 11) is 1.62. The first-order valence-corrected chi connectivity index (χ1v) is 6.27. The molecule has 0 unspecified atom stereocenters. The smallest absolute Gasteiger partial charge is 0.299 e. The number of methoxy groups -OCH3 is 1. The molecule has 0 bridgehead atoms. The van der Waals surface area contributed by atoms with Gasteiger partial charge in [-0.2, -0.15) is 0 Å². The summed E-state index contributed by atoms with van der Waals surface area (Å²) in [5.41, 5.74) is 1.20. The minimum absolute atomic E-state index is 0.420. The number of rotatable bonds is 7. The van der Waals surface area contributed by atoms with Crippen LogP contribution in [0.15, 0.2) is 24.3 Å². The van der Waals surface area contributed by atoms with Crippen LogP contribution >= 0.6 is 0 Å². The van der Waals surface area contributed by atoms with Gasteiger partial charge in [-0.05, 0) is 18.6 Å². The molecule has 1 aromatic carbocycles. The van der Waals surface area contributed by atoms with Gasteiger partial charge in [0.1, 0.15) is 0 Å². The number of para-hydroxylation sites is 1. The summed E-state index contributed by atoms with van der Waals surface area (Å²) in [6, 6.07) is 7.07. The Morgan fingerprint density at radius 2 is 1.89 bits per heavy atom. The maximum Gasteiger partial charge on any atom is 0.299 e. The molecule has 1 heterocycles. The van der Waals surface area contributed by atoms with Crippen molar-refractivity contribution >= 4 is 17.4 Å². The summed E-state index contributed by atoms with van der Waals surface area (Å²) in [6.45, 7) is 2.14. The second kappa shape index (κ2) is 6.45. The number of anilines is 1. The lowest BCUT2D eigenvalue weighted by Gasteiger charge is -2.16. The van der Waals surface area contributed by atoms with Crippen LogP contribution in [0.5, 0.6) is 0 Å². The molecule has 19 heavy (non-hydrogen) atoms. The van der Waals surface area contributed by atoms with Crippen molar-refractivity contribution in [1.29, 1.82) is 0 Å². The molecule has 1 aliphatic rings. The maximum atomic E-state index is 11.8. The molecule has 1 aromatic rings. The second-order valence-corrected chi connectivity index (χ2v) is 4.26. The van der Waals surface area contributed by atoms with Gasteiger partial charge < -0.3 is 14.4 Å². The molecular weight excluding hydrogens is 246 g/mol. The molecule has 1 aliphatic heterocycles. The fourth-order valence-corrected chi connectivity index (χ4v) is 2.04. The fraction of sp³-hybridized carbons (Fsp3) is 0.429. The Balaban J connectivity index is 1.87. The van der Waals surface area contributed by atoms with Crippen LogP contribution in [0, 0.1) is 0 Å². The minimum Gasteiger partial charge on any atom is -0.382 e. The Kier molecular flexibility index (Phi) is 4.65. The van der Waals surface area contributed by atoms with E-state index >= 15 is 0 Å². The van der Waals surface area contributed by atoms with Gasteiger partial charge in [0, 0.05) is 20.3 Å². The third kappa shape index (κ3) is 3.00. The Hall–Kier alpha value is -1.72. The lowest BCUT2D eigenvalue weighted by atomic mass is 10.1. The van der Waals surface area contributed by atoms with Crippen LogP contribution in [-0.4, -0.2) is 45.2 Å². The highest BCUT2D eigenvalue weighted by atomic mass is 16.5.